The van der Waals surface area contributed by atoms with E-state index in [0.717, 1.165) is 24.5 Å². The van der Waals surface area contributed by atoms with Crippen molar-refractivity contribution in [2.24, 2.45) is 10.9 Å². The summed E-state index contributed by atoms with van der Waals surface area (Å²) in [7, 11) is 1.93. The van der Waals surface area contributed by atoms with Crippen molar-refractivity contribution in [1.82, 2.24) is 15.0 Å². The molecule has 0 saturated carbocycles. The van der Waals surface area contributed by atoms with E-state index in [1.54, 1.807) is 12.4 Å². The number of aromatic nitrogens is 3. The Morgan fingerprint density at radius 3 is 2.75 bits per heavy atom. The molecule has 7 heteroatoms. The van der Waals surface area contributed by atoms with E-state index in [-0.39, 0.29) is 5.84 Å². The molecule has 0 unspecified atom stereocenters. The topological polar surface area (TPSA) is 101 Å². The van der Waals surface area contributed by atoms with E-state index in [1.165, 1.54) is 6.20 Å². The number of nitrogens with two attached hydrogens (primary N) is 1. The summed E-state index contributed by atoms with van der Waals surface area (Å²) in [6, 6.07) is 5.85. The molecule has 0 aliphatic carbocycles. The first-order chi connectivity index (χ1) is 9.70. The van der Waals surface area contributed by atoms with Crippen LogP contribution in [0.3, 0.4) is 0 Å². The van der Waals surface area contributed by atoms with Crippen LogP contribution in [0.2, 0.25) is 0 Å². The van der Waals surface area contributed by atoms with Gasteiger partial charge in [-0.1, -0.05) is 11.2 Å². The average molecular weight is 272 g/mol. The minimum Gasteiger partial charge on any atom is -0.409 e. The van der Waals surface area contributed by atoms with Gasteiger partial charge in [0.15, 0.2) is 5.84 Å². The second-order valence-corrected chi connectivity index (χ2v) is 4.24. The Morgan fingerprint density at radius 2 is 2.15 bits per heavy atom. The highest BCUT2D eigenvalue weighted by Gasteiger charge is 2.06. The van der Waals surface area contributed by atoms with E-state index >= 15 is 0 Å². The first kappa shape index (κ1) is 13.7. The zero-order valence-corrected chi connectivity index (χ0v) is 11.1. The van der Waals surface area contributed by atoms with Crippen LogP contribution in [0, 0.1) is 0 Å². The molecule has 3 N–H and O–H groups in total. The fraction of sp³-hybridized carbons (Fsp3) is 0.231. The largest absolute Gasteiger partial charge is 0.409 e. The number of amidine groups is 1. The van der Waals surface area contributed by atoms with Crippen molar-refractivity contribution in [2.45, 2.75) is 6.42 Å². The third-order valence-corrected chi connectivity index (χ3v) is 2.83. The van der Waals surface area contributed by atoms with Gasteiger partial charge in [-0.3, -0.25) is 4.98 Å². The summed E-state index contributed by atoms with van der Waals surface area (Å²) < 4.78 is 0. The Labute approximate surface area is 116 Å². The van der Waals surface area contributed by atoms with Gasteiger partial charge >= 0.3 is 0 Å². The van der Waals surface area contributed by atoms with E-state index in [1.807, 2.05) is 30.1 Å². The first-order valence-electron chi connectivity index (χ1n) is 6.11. The van der Waals surface area contributed by atoms with Crippen LogP contribution >= 0.6 is 0 Å². The third-order valence-electron chi connectivity index (χ3n) is 2.83. The minimum absolute atomic E-state index is 0.0554. The zero-order valence-electron chi connectivity index (χ0n) is 11.1. The molecule has 0 fully saturated rings. The van der Waals surface area contributed by atoms with Crippen molar-refractivity contribution in [3.05, 3.63) is 48.2 Å². The molecule has 2 aromatic rings. The van der Waals surface area contributed by atoms with Crippen LogP contribution in [0.25, 0.3) is 0 Å². The lowest BCUT2D eigenvalue weighted by molar-refractivity contribution is 0.318. The van der Waals surface area contributed by atoms with Gasteiger partial charge in [-0.15, -0.1) is 0 Å². The molecular weight excluding hydrogens is 256 g/mol. The molecule has 0 aliphatic heterocycles. The predicted molar refractivity (Wildman–Crippen MR) is 75.8 cm³/mol. The lowest BCUT2D eigenvalue weighted by atomic mass is 10.2. The zero-order chi connectivity index (χ0) is 14.4. The van der Waals surface area contributed by atoms with Crippen molar-refractivity contribution >= 4 is 11.7 Å². The number of rotatable bonds is 5. The molecule has 20 heavy (non-hydrogen) atoms. The van der Waals surface area contributed by atoms with Crippen LogP contribution in [0.15, 0.2) is 41.9 Å². The summed E-state index contributed by atoms with van der Waals surface area (Å²) in [4.78, 5) is 14.6. The van der Waals surface area contributed by atoms with Gasteiger partial charge in [0, 0.05) is 31.9 Å². The van der Waals surface area contributed by atoms with Crippen LogP contribution < -0.4 is 10.6 Å². The number of likely N-dealkylation sites (N-methyl/N-ethyl adjacent to an activating group) is 1. The van der Waals surface area contributed by atoms with E-state index in [4.69, 9.17) is 10.9 Å². The third kappa shape index (κ3) is 3.41. The highest BCUT2D eigenvalue weighted by molar-refractivity contribution is 5.94. The number of hydrogen-bond acceptors (Lipinski definition) is 6. The number of nitrogens with zero attached hydrogens (tertiary/aromatic N) is 5. The van der Waals surface area contributed by atoms with Gasteiger partial charge in [-0.2, -0.15) is 0 Å². The number of pyridine rings is 1. The Morgan fingerprint density at radius 1 is 1.30 bits per heavy atom. The number of oxime groups is 1. The van der Waals surface area contributed by atoms with Crippen LogP contribution in [0.4, 0.5) is 5.82 Å². The summed E-state index contributed by atoms with van der Waals surface area (Å²) in [5.41, 5.74) is 6.80. The van der Waals surface area contributed by atoms with Crippen molar-refractivity contribution in [3.8, 4) is 0 Å². The van der Waals surface area contributed by atoms with Crippen molar-refractivity contribution in [3.63, 3.8) is 0 Å². The SMILES string of the molecule is CN(CCc1ccccn1)c1cnc(C(N)=NO)cn1. The quantitative estimate of drug-likeness (QED) is 0.358. The highest BCUT2D eigenvalue weighted by Crippen LogP contribution is 2.07. The molecule has 0 aliphatic rings. The molecule has 0 bridgehead atoms. The van der Waals surface area contributed by atoms with E-state index in [0.29, 0.717) is 5.69 Å². The van der Waals surface area contributed by atoms with Gasteiger partial charge in [0.05, 0.1) is 12.4 Å². The fourth-order valence-electron chi connectivity index (χ4n) is 1.64. The summed E-state index contributed by atoms with van der Waals surface area (Å²) in [5, 5.41) is 11.4. The van der Waals surface area contributed by atoms with E-state index in [2.05, 4.69) is 20.1 Å². The van der Waals surface area contributed by atoms with Crippen LogP contribution in [-0.4, -0.2) is 39.6 Å². The summed E-state index contributed by atoms with van der Waals surface area (Å²) in [6.45, 7) is 0.772. The molecule has 2 rings (SSSR count). The lowest BCUT2D eigenvalue weighted by Gasteiger charge is -2.17. The van der Waals surface area contributed by atoms with Crippen molar-refractivity contribution < 1.29 is 5.21 Å². The summed E-state index contributed by atoms with van der Waals surface area (Å²) >= 11 is 0. The van der Waals surface area contributed by atoms with Gasteiger partial charge in [-0.25, -0.2) is 9.97 Å². The van der Waals surface area contributed by atoms with Crippen LogP contribution in [0.1, 0.15) is 11.4 Å². The lowest BCUT2D eigenvalue weighted by Crippen LogP contribution is -2.23. The molecule has 0 atom stereocenters. The van der Waals surface area contributed by atoms with Gasteiger partial charge < -0.3 is 15.8 Å². The predicted octanol–water partition coefficient (Wildman–Crippen LogP) is 0.645. The normalized spacial score (nSPS) is 11.3. The van der Waals surface area contributed by atoms with Crippen LogP contribution in [0.5, 0.6) is 0 Å². The maximum absolute atomic E-state index is 8.55. The number of anilines is 1. The smallest absolute Gasteiger partial charge is 0.190 e. The fourth-order valence-corrected chi connectivity index (χ4v) is 1.64. The van der Waals surface area contributed by atoms with Gasteiger partial charge in [-0.05, 0) is 12.1 Å². The summed E-state index contributed by atoms with van der Waals surface area (Å²) in [6.07, 6.45) is 5.66. The molecule has 104 valence electrons. The first-order valence-corrected chi connectivity index (χ1v) is 6.11. The molecule has 0 amide bonds. The van der Waals surface area contributed by atoms with Gasteiger partial charge in [0.2, 0.25) is 0 Å². The molecule has 0 aromatic carbocycles. The van der Waals surface area contributed by atoms with Gasteiger partial charge in [0.1, 0.15) is 11.5 Å². The second kappa shape index (κ2) is 6.46. The standard InChI is InChI=1S/C13H16N6O/c1-19(7-5-10-4-2-3-6-15-10)12-9-16-11(8-17-12)13(14)18-20/h2-4,6,8-9,20H,5,7H2,1H3,(H2,14,18). The Balaban J connectivity index is 1.97. The second-order valence-electron chi connectivity index (χ2n) is 4.24. The Kier molecular flexibility index (Phi) is 4.43. The molecule has 2 aromatic heterocycles. The molecule has 0 spiro atoms. The maximum Gasteiger partial charge on any atom is 0.190 e. The van der Waals surface area contributed by atoms with Gasteiger partial charge in [0.25, 0.3) is 0 Å². The maximum atomic E-state index is 8.55. The summed E-state index contributed by atoms with van der Waals surface area (Å²) in [5.74, 6) is 0.663. The monoisotopic (exact) mass is 272 g/mol. The minimum atomic E-state index is -0.0554. The highest BCUT2D eigenvalue weighted by atomic mass is 16.4. The molecule has 2 heterocycles. The Hall–Kier alpha value is -2.70. The van der Waals surface area contributed by atoms with E-state index in [9.17, 15) is 0 Å². The van der Waals surface area contributed by atoms with E-state index < -0.39 is 0 Å². The van der Waals surface area contributed by atoms with Crippen molar-refractivity contribution in [2.75, 3.05) is 18.5 Å². The van der Waals surface area contributed by atoms with Crippen molar-refractivity contribution in [1.29, 1.82) is 0 Å². The number of hydrogen-bond donors (Lipinski definition) is 2. The molecule has 0 saturated heterocycles. The molecular formula is C13H16N6O. The molecule has 7 nitrogen and oxygen atoms in total. The van der Waals surface area contributed by atoms with Crippen LogP contribution in [-0.2, 0) is 6.42 Å². The average Bonchev–Trinajstić information content (AvgIpc) is 2.53. The molecule has 0 radical (unpaired) electrons. The Bertz CT molecular complexity index is 569.